The van der Waals surface area contributed by atoms with E-state index in [0.29, 0.717) is 0 Å². The molecule has 1 aromatic heterocycles. The number of benzene rings is 1. The maximum absolute atomic E-state index is 4.56. The summed E-state index contributed by atoms with van der Waals surface area (Å²) in [6.45, 7) is 9.17. The third kappa shape index (κ3) is 4.11. The molecule has 0 unspecified atom stereocenters. The van der Waals surface area contributed by atoms with Gasteiger partial charge in [0, 0.05) is 37.1 Å². The van der Waals surface area contributed by atoms with Crippen LogP contribution in [0.2, 0.25) is 0 Å². The molecule has 1 aromatic carbocycles. The number of nitrogens with zero attached hydrogens (tertiary/aromatic N) is 2. The van der Waals surface area contributed by atoms with Crippen LogP contribution in [0.1, 0.15) is 43.4 Å². The van der Waals surface area contributed by atoms with E-state index >= 15 is 0 Å². The smallest absolute Gasteiger partial charge is 0.0569 e. The fourth-order valence-corrected chi connectivity index (χ4v) is 3.04. The van der Waals surface area contributed by atoms with Crippen molar-refractivity contribution < 1.29 is 0 Å². The van der Waals surface area contributed by atoms with Crippen molar-refractivity contribution in [3.05, 3.63) is 72.2 Å². The van der Waals surface area contributed by atoms with Crippen molar-refractivity contribution in [2.24, 2.45) is 5.92 Å². The standard InChI is InChI=1S/C22H27N3/c1-5-21(19-10-8-18(9-11-19)16(2)3)22(13-23-4)20-12-24-25(15-20)14-17-6-7-17/h5,8-13,15,17,23H,2,6-7,14H2,1,3-4H3/b21-5-,22-13-. The SMILES string of the molecule is C=C(C)c1ccc(C(=C/C)/C(=C\NC)c2cnn(CC3CC3)c2)cc1. The second-order valence-corrected chi connectivity index (χ2v) is 6.80. The van der Waals surface area contributed by atoms with Gasteiger partial charge in [0.05, 0.1) is 6.20 Å². The summed E-state index contributed by atoms with van der Waals surface area (Å²) in [5, 5.41) is 7.75. The molecule has 0 aliphatic heterocycles. The van der Waals surface area contributed by atoms with E-state index in [0.717, 1.165) is 29.2 Å². The molecule has 2 aromatic rings. The molecule has 0 spiro atoms. The van der Waals surface area contributed by atoms with Crippen LogP contribution in [0, 0.1) is 5.92 Å². The molecule has 1 fully saturated rings. The van der Waals surface area contributed by atoms with E-state index in [1.807, 2.05) is 20.2 Å². The average molecular weight is 333 g/mol. The van der Waals surface area contributed by atoms with Crippen LogP contribution in [0.4, 0.5) is 0 Å². The second kappa shape index (κ2) is 7.56. The first-order valence-corrected chi connectivity index (χ1v) is 8.95. The van der Waals surface area contributed by atoms with Gasteiger partial charge >= 0.3 is 0 Å². The summed E-state index contributed by atoms with van der Waals surface area (Å²) < 4.78 is 2.08. The van der Waals surface area contributed by atoms with Crippen LogP contribution >= 0.6 is 0 Å². The first-order valence-electron chi connectivity index (χ1n) is 8.95. The maximum atomic E-state index is 4.56. The Kier molecular flexibility index (Phi) is 5.22. The zero-order valence-corrected chi connectivity index (χ0v) is 15.4. The van der Waals surface area contributed by atoms with E-state index in [1.165, 1.54) is 29.5 Å². The highest BCUT2D eigenvalue weighted by Gasteiger charge is 2.22. The Morgan fingerprint density at radius 1 is 1.20 bits per heavy atom. The minimum atomic E-state index is 0.820. The lowest BCUT2D eigenvalue weighted by Gasteiger charge is -2.12. The maximum Gasteiger partial charge on any atom is 0.0569 e. The van der Waals surface area contributed by atoms with Gasteiger partial charge in [0.15, 0.2) is 0 Å². The van der Waals surface area contributed by atoms with E-state index in [2.05, 4.69) is 71.3 Å². The van der Waals surface area contributed by atoms with Crippen LogP contribution in [0.5, 0.6) is 0 Å². The van der Waals surface area contributed by atoms with Crippen LogP contribution in [0.3, 0.4) is 0 Å². The van der Waals surface area contributed by atoms with Crippen LogP contribution in [0.25, 0.3) is 16.7 Å². The Bertz CT molecular complexity index is 802. The van der Waals surface area contributed by atoms with E-state index in [-0.39, 0.29) is 0 Å². The second-order valence-electron chi connectivity index (χ2n) is 6.80. The molecular formula is C22H27N3. The number of hydrogen-bond acceptors (Lipinski definition) is 2. The lowest BCUT2D eigenvalue weighted by atomic mass is 9.93. The molecule has 1 saturated carbocycles. The predicted molar refractivity (Wildman–Crippen MR) is 107 cm³/mol. The number of hydrogen-bond donors (Lipinski definition) is 1. The Morgan fingerprint density at radius 2 is 1.88 bits per heavy atom. The summed E-state index contributed by atoms with van der Waals surface area (Å²) in [6.07, 6.45) is 11.0. The monoisotopic (exact) mass is 333 g/mol. The molecule has 1 aliphatic carbocycles. The van der Waals surface area contributed by atoms with Gasteiger partial charge in [-0.25, -0.2) is 0 Å². The first kappa shape index (κ1) is 17.3. The fourth-order valence-electron chi connectivity index (χ4n) is 3.04. The van der Waals surface area contributed by atoms with Gasteiger partial charge in [0.1, 0.15) is 0 Å². The lowest BCUT2D eigenvalue weighted by Crippen LogP contribution is -2.00. The first-order chi connectivity index (χ1) is 12.1. The summed E-state index contributed by atoms with van der Waals surface area (Å²) in [5.74, 6) is 0.820. The largest absolute Gasteiger partial charge is 0.393 e. The van der Waals surface area contributed by atoms with Gasteiger partial charge in [-0.1, -0.05) is 42.5 Å². The number of nitrogens with one attached hydrogen (secondary N) is 1. The Balaban J connectivity index is 1.90. The van der Waals surface area contributed by atoms with E-state index in [4.69, 9.17) is 0 Å². The molecule has 3 rings (SSSR count). The van der Waals surface area contributed by atoms with Gasteiger partial charge in [0.2, 0.25) is 0 Å². The zero-order valence-electron chi connectivity index (χ0n) is 15.4. The van der Waals surface area contributed by atoms with Crippen LogP contribution in [-0.4, -0.2) is 16.8 Å². The molecule has 25 heavy (non-hydrogen) atoms. The predicted octanol–water partition coefficient (Wildman–Crippen LogP) is 4.99. The van der Waals surface area contributed by atoms with Crippen LogP contribution < -0.4 is 5.32 Å². The lowest BCUT2D eigenvalue weighted by molar-refractivity contribution is 0.563. The van der Waals surface area contributed by atoms with E-state index in [1.54, 1.807) is 0 Å². The van der Waals surface area contributed by atoms with Gasteiger partial charge in [0.25, 0.3) is 0 Å². The van der Waals surface area contributed by atoms with Gasteiger partial charge in [-0.05, 0) is 49.3 Å². The summed E-state index contributed by atoms with van der Waals surface area (Å²) >= 11 is 0. The summed E-state index contributed by atoms with van der Waals surface area (Å²) in [4.78, 5) is 0. The highest BCUT2D eigenvalue weighted by Crippen LogP contribution is 2.33. The van der Waals surface area contributed by atoms with Gasteiger partial charge < -0.3 is 5.32 Å². The van der Waals surface area contributed by atoms with E-state index in [9.17, 15) is 0 Å². The highest BCUT2D eigenvalue weighted by molar-refractivity contribution is 6.04. The fraction of sp³-hybridized carbons (Fsp3) is 0.318. The summed E-state index contributed by atoms with van der Waals surface area (Å²) in [5.41, 5.74) is 6.97. The number of aromatic nitrogens is 2. The topological polar surface area (TPSA) is 29.9 Å². The quantitative estimate of drug-likeness (QED) is 0.723. The van der Waals surface area contributed by atoms with Crippen molar-refractivity contribution >= 4 is 16.7 Å². The van der Waals surface area contributed by atoms with Crippen LogP contribution in [-0.2, 0) is 6.54 Å². The highest BCUT2D eigenvalue weighted by atomic mass is 15.3. The third-order valence-electron chi connectivity index (χ3n) is 4.64. The van der Waals surface area contributed by atoms with Crippen molar-refractivity contribution in [2.45, 2.75) is 33.2 Å². The summed E-state index contributed by atoms with van der Waals surface area (Å²) in [7, 11) is 1.94. The average Bonchev–Trinajstić information content (AvgIpc) is 3.30. The molecule has 1 N–H and O–H groups in total. The van der Waals surface area contributed by atoms with Crippen molar-refractivity contribution in [3.63, 3.8) is 0 Å². The Labute approximate surface area is 150 Å². The number of allylic oxidation sites excluding steroid dienone is 4. The third-order valence-corrected chi connectivity index (χ3v) is 4.64. The van der Waals surface area contributed by atoms with E-state index < -0.39 is 0 Å². The molecule has 1 heterocycles. The molecule has 0 amide bonds. The molecule has 0 atom stereocenters. The van der Waals surface area contributed by atoms with Gasteiger partial charge in [-0.2, -0.15) is 5.10 Å². The van der Waals surface area contributed by atoms with Crippen molar-refractivity contribution in [3.8, 4) is 0 Å². The zero-order chi connectivity index (χ0) is 17.8. The minimum Gasteiger partial charge on any atom is -0.393 e. The van der Waals surface area contributed by atoms with Crippen LogP contribution in [0.15, 0.2) is 55.5 Å². The summed E-state index contributed by atoms with van der Waals surface area (Å²) in [6, 6.07) is 8.60. The molecule has 3 heteroatoms. The van der Waals surface area contributed by atoms with Crippen molar-refractivity contribution in [1.29, 1.82) is 0 Å². The Hall–Kier alpha value is -2.55. The molecule has 0 bridgehead atoms. The molecule has 3 nitrogen and oxygen atoms in total. The molecule has 1 aliphatic rings. The van der Waals surface area contributed by atoms with Crippen molar-refractivity contribution in [2.75, 3.05) is 7.05 Å². The Morgan fingerprint density at radius 3 is 2.44 bits per heavy atom. The molecular weight excluding hydrogens is 306 g/mol. The van der Waals surface area contributed by atoms with Gasteiger partial charge in [-0.15, -0.1) is 0 Å². The molecule has 130 valence electrons. The van der Waals surface area contributed by atoms with Gasteiger partial charge in [-0.3, -0.25) is 4.68 Å². The molecule has 0 saturated heterocycles. The number of rotatable bonds is 7. The normalized spacial score (nSPS) is 15.3. The minimum absolute atomic E-state index is 0.820. The molecule has 0 radical (unpaired) electrons. The van der Waals surface area contributed by atoms with Crippen molar-refractivity contribution in [1.82, 2.24) is 15.1 Å².